The fourth-order valence-corrected chi connectivity index (χ4v) is 3.50. The van der Waals surface area contributed by atoms with E-state index < -0.39 is 0 Å². The summed E-state index contributed by atoms with van der Waals surface area (Å²) in [7, 11) is 0. The first-order chi connectivity index (χ1) is 8.31. The zero-order valence-electron chi connectivity index (χ0n) is 12.6. The molecule has 0 amide bonds. The van der Waals surface area contributed by atoms with Crippen LogP contribution in [0, 0.1) is 10.8 Å². The third kappa shape index (κ3) is 2.97. The van der Waals surface area contributed by atoms with Crippen LogP contribution in [0.25, 0.3) is 0 Å². The summed E-state index contributed by atoms with van der Waals surface area (Å²) in [6.45, 7) is 12.9. The summed E-state index contributed by atoms with van der Waals surface area (Å²) < 4.78 is 0. The Bertz CT molecular complexity index is 326. The van der Waals surface area contributed by atoms with Crippen molar-refractivity contribution in [3.05, 3.63) is 11.6 Å². The Morgan fingerprint density at radius 1 is 1.44 bits per heavy atom. The van der Waals surface area contributed by atoms with Crippen molar-refractivity contribution in [1.29, 1.82) is 0 Å². The molecule has 0 aromatic heterocycles. The monoisotopic (exact) mass is 250 g/mol. The highest BCUT2D eigenvalue weighted by molar-refractivity contribution is 5.15. The predicted octanol–water partition coefficient (Wildman–Crippen LogP) is 3.18. The molecular weight excluding hydrogens is 220 g/mol. The van der Waals surface area contributed by atoms with Gasteiger partial charge in [0.05, 0.1) is 0 Å². The van der Waals surface area contributed by atoms with E-state index in [4.69, 9.17) is 5.73 Å². The van der Waals surface area contributed by atoms with E-state index in [0.717, 1.165) is 6.54 Å². The molecule has 2 unspecified atom stereocenters. The molecule has 1 aliphatic heterocycles. The molecule has 0 radical (unpaired) electrons. The topological polar surface area (TPSA) is 29.3 Å². The molecule has 2 heteroatoms. The summed E-state index contributed by atoms with van der Waals surface area (Å²) in [6, 6.07) is 0.408. The van der Waals surface area contributed by atoms with Gasteiger partial charge in [-0.3, -0.25) is 4.90 Å². The molecule has 18 heavy (non-hydrogen) atoms. The van der Waals surface area contributed by atoms with Crippen molar-refractivity contribution >= 4 is 0 Å². The van der Waals surface area contributed by atoms with Crippen molar-refractivity contribution < 1.29 is 0 Å². The largest absolute Gasteiger partial charge is 0.327 e. The van der Waals surface area contributed by atoms with Crippen LogP contribution in [0.1, 0.15) is 53.4 Å². The molecule has 1 fully saturated rings. The van der Waals surface area contributed by atoms with Gasteiger partial charge in [0.15, 0.2) is 0 Å². The second-order valence-electron chi connectivity index (χ2n) is 7.62. The Kier molecular flexibility index (Phi) is 3.89. The average Bonchev–Trinajstić information content (AvgIpc) is 2.58. The van der Waals surface area contributed by atoms with E-state index in [2.05, 4.69) is 38.7 Å². The van der Waals surface area contributed by atoms with Gasteiger partial charge in [-0.2, -0.15) is 0 Å². The molecular formula is C16H30N2. The number of rotatable bonds is 2. The van der Waals surface area contributed by atoms with Crippen molar-refractivity contribution in [2.24, 2.45) is 16.6 Å². The first-order valence-electron chi connectivity index (χ1n) is 7.49. The van der Waals surface area contributed by atoms with Gasteiger partial charge in [-0.1, -0.05) is 45.8 Å². The molecule has 2 nitrogen and oxygen atoms in total. The van der Waals surface area contributed by atoms with Crippen LogP contribution in [0.3, 0.4) is 0 Å². The molecule has 0 spiro atoms. The van der Waals surface area contributed by atoms with Gasteiger partial charge in [-0.25, -0.2) is 0 Å². The fourth-order valence-electron chi connectivity index (χ4n) is 3.50. The van der Waals surface area contributed by atoms with Crippen LogP contribution >= 0.6 is 0 Å². The van der Waals surface area contributed by atoms with Crippen LogP contribution in [-0.2, 0) is 0 Å². The summed E-state index contributed by atoms with van der Waals surface area (Å²) in [5, 5.41) is 0. The zero-order valence-corrected chi connectivity index (χ0v) is 12.6. The molecule has 0 aromatic rings. The summed E-state index contributed by atoms with van der Waals surface area (Å²) in [6.07, 6.45) is 7.52. The quantitative estimate of drug-likeness (QED) is 0.763. The van der Waals surface area contributed by atoms with Crippen molar-refractivity contribution in [2.75, 3.05) is 19.6 Å². The first kappa shape index (κ1) is 14.1. The minimum atomic E-state index is 0.347. The Hall–Kier alpha value is -0.340. The van der Waals surface area contributed by atoms with Gasteiger partial charge >= 0.3 is 0 Å². The highest BCUT2D eigenvalue weighted by Gasteiger charge is 2.38. The lowest BCUT2D eigenvalue weighted by Gasteiger charge is -2.38. The predicted molar refractivity (Wildman–Crippen MR) is 78.5 cm³/mol. The molecule has 2 aliphatic rings. The number of hydrogen-bond donors (Lipinski definition) is 1. The van der Waals surface area contributed by atoms with Gasteiger partial charge in [-0.15, -0.1) is 0 Å². The Morgan fingerprint density at radius 2 is 2.17 bits per heavy atom. The molecule has 2 rings (SSSR count). The molecule has 2 atom stereocenters. The van der Waals surface area contributed by atoms with E-state index in [9.17, 15) is 0 Å². The van der Waals surface area contributed by atoms with Gasteiger partial charge in [-0.05, 0) is 30.1 Å². The van der Waals surface area contributed by atoms with Crippen molar-refractivity contribution in [1.82, 2.24) is 4.90 Å². The van der Waals surface area contributed by atoms with Crippen LogP contribution in [-0.4, -0.2) is 30.6 Å². The molecule has 0 saturated heterocycles. The van der Waals surface area contributed by atoms with E-state index in [1.54, 1.807) is 5.57 Å². The third-order valence-corrected chi connectivity index (χ3v) is 5.00. The Morgan fingerprint density at radius 3 is 2.61 bits per heavy atom. The number of nitrogens with zero attached hydrogens (tertiary/aromatic N) is 1. The minimum Gasteiger partial charge on any atom is -0.327 e. The van der Waals surface area contributed by atoms with Crippen LogP contribution < -0.4 is 5.73 Å². The van der Waals surface area contributed by atoms with E-state index >= 15 is 0 Å². The molecule has 1 heterocycles. The lowest BCUT2D eigenvalue weighted by atomic mass is 9.81. The SMILES string of the molecule is CC(C)(C)C1=CCN(CC2(C)CCCC2N)CC1. The average molecular weight is 250 g/mol. The fraction of sp³-hybridized carbons (Fsp3) is 0.875. The summed E-state index contributed by atoms with van der Waals surface area (Å²) in [5.41, 5.74) is 8.61. The summed E-state index contributed by atoms with van der Waals surface area (Å²) in [4.78, 5) is 2.60. The summed E-state index contributed by atoms with van der Waals surface area (Å²) in [5.74, 6) is 0. The highest BCUT2D eigenvalue weighted by Crippen LogP contribution is 2.38. The Labute approximate surface area is 113 Å². The maximum absolute atomic E-state index is 6.28. The summed E-state index contributed by atoms with van der Waals surface area (Å²) >= 11 is 0. The maximum Gasteiger partial charge on any atom is 0.0166 e. The van der Waals surface area contributed by atoms with E-state index in [1.807, 2.05) is 0 Å². The van der Waals surface area contributed by atoms with Crippen LogP contribution in [0.2, 0.25) is 0 Å². The molecule has 104 valence electrons. The molecule has 1 aliphatic carbocycles. The van der Waals surface area contributed by atoms with Gasteiger partial charge in [0.2, 0.25) is 0 Å². The third-order valence-electron chi connectivity index (χ3n) is 5.00. The first-order valence-corrected chi connectivity index (χ1v) is 7.49. The van der Waals surface area contributed by atoms with E-state index in [-0.39, 0.29) is 0 Å². The van der Waals surface area contributed by atoms with Crippen LogP contribution in [0.15, 0.2) is 11.6 Å². The van der Waals surface area contributed by atoms with Gasteiger partial charge in [0.1, 0.15) is 0 Å². The van der Waals surface area contributed by atoms with Crippen LogP contribution in [0.4, 0.5) is 0 Å². The van der Waals surface area contributed by atoms with E-state index in [0.29, 0.717) is 16.9 Å². The normalized spacial score (nSPS) is 34.7. The molecule has 2 N–H and O–H groups in total. The van der Waals surface area contributed by atoms with Gasteiger partial charge < -0.3 is 5.73 Å². The Balaban J connectivity index is 1.93. The van der Waals surface area contributed by atoms with E-state index in [1.165, 1.54) is 38.8 Å². The van der Waals surface area contributed by atoms with Gasteiger partial charge in [0.25, 0.3) is 0 Å². The highest BCUT2D eigenvalue weighted by atomic mass is 15.1. The van der Waals surface area contributed by atoms with Crippen molar-refractivity contribution in [3.63, 3.8) is 0 Å². The van der Waals surface area contributed by atoms with Crippen molar-refractivity contribution in [3.8, 4) is 0 Å². The molecule has 1 saturated carbocycles. The molecule has 0 bridgehead atoms. The smallest absolute Gasteiger partial charge is 0.0166 e. The van der Waals surface area contributed by atoms with Gasteiger partial charge in [0, 0.05) is 25.7 Å². The second kappa shape index (κ2) is 4.97. The van der Waals surface area contributed by atoms with Crippen molar-refractivity contribution in [2.45, 2.75) is 59.4 Å². The zero-order chi connectivity index (χ0) is 13.4. The van der Waals surface area contributed by atoms with Crippen LogP contribution in [0.5, 0.6) is 0 Å². The number of nitrogens with two attached hydrogens (primary N) is 1. The molecule has 0 aromatic carbocycles. The maximum atomic E-state index is 6.28. The number of hydrogen-bond acceptors (Lipinski definition) is 2. The second-order valence-corrected chi connectivity index (χ2v) is 7.62. The lowest BCUT2D eigenvalue weighted by Crippen LogP contribution is -2.45. The standard InChI is InChI=1S/C16H30N2/c1-15(2,3)13-7-10-18(11-8-13)12-16(4)9-5-6-14(16)17/h7,14H,5-6,8-12,17H2,1-4H3. The lowest BCUT2D eigenvalue weighted by molar-refractivity contribution is 0.158. The minimum absolute atomic E-state index is 0.347.